The predicted octanol–water partition coefficient (Wildman–Crippen LogP) is 1.54. The second-order valence-corrected chi connectivity index (χ2v) is 3.27. The van der Waals surface area contributed by atoms with Crippen LogP contribution in [0.4, 0.5) is 0 Å². The Labute approximate surface area is 81.8 Å². The highest BCUT2D eigenvalue weighted by atomic mass is 16.3. The first-order chi connectivity index (χ1) is 6.76. The summed E-state index contributed by atoms with van der Waals surface area (Å²) < 4.78 is 1.95. The lowest BCUT2D eigenvalue weighted by Crippen LogP contribution is -1.83. The molecule has 0 fully saturated rings. The van der Waals surface area contributed by atoms with E-state index in [0.29, 0.717) is 5.56 Å². The Balaban J connectivity index is 2.79. The predicted molar refractivity (Wildman–Crippen MR) is 53.6 cm³/mol. The van der Waals surface area contributed by atoms with E-state index in [9.17, 15) is 0 Å². The van der Waals surface area contributed by atoms with Crippen molar-refractivity contribution >= 4 is 10.9 Å². The van der Waals surface area contributed by atoms with Gasteiger partial charge in [0, 0.05) is 29.7 Å². The van der Waals surface area contributed by atoms with Crippen LogP contribution in [-0.2, 0) is 13.7 Å². The number of hydrogen-bond donors (Lipinski definition) is 1. The quantitative estimate of drug-likeness (QED) is 0.734. The van der Waals surface area contributed by atoms with E-state index in [1.165, 1.54) is 0 Å². The van der Waals surface area contributed by atoms with Gasteiger partial charge in [-0.1, -0.05) is 0 Å². The van der Waals surface area contributed by atoms with Crippen molar-refractivity contribution in [1.82, 2.24) is 4.57 Å². The molecule has 1 N–H and O–H groups in total. The first-order valence-electron chi connectivity index (χ1n) is 4.35. The molecule has 0 aliphatic heterocycles. The number of benzene rings is 1. The second kappa shape index (κ2) is 3.17. The third-order valence-electron chi connectivity index (χ3n) is 2.37. The van der Waals surface area contributed by atoms with Crippen LogP contribution in [0.2, 0.25) is 0 Å². The van der Waals surface area contributed by atoms with E-state index in [1.54, 1.807) is 12.1 Å². The normalized spacial score (nSPS) is 10.4. The van der Waals surface area contributed by atoms with E-state index in [0.717, 1.165) is 16.5 Å². The van der Waals surface area contributed by atoms with E-state index in [4.69, 9.17) is 10.4 Å². The monoisotopic (exact) mass is 186 g/mol. The van der Waals surface area contributed by atoms with Crippen LogP contribution >= 0.6 is 0 Å². The topological polar surface area (TPSA) is 49.0 Å². The van der Waals surface area contributed by atoms with E-state index >= 15 is 0 Å². The number of aromatic nitrogens is 1. The van der Waals surface area contributed by atoms with E-state index in [-0.39, 0.29) is 6.61 Å². The summed E-state index contributed by atoms with van der Waals surface area (Å²) in [6, 6.07) is 7.57. The molecule has 2 aromatic rings. The summed E-state index contributed by atoms with van der Waals surface area (Å²) in [4.78, 5) is 0. The summed E-state index contributed by atoms with van der Waals surface area (Å²) in [7, 11) is 1.92. The number of hydrogen-bond acceptors (Lipinski definition) is 2. The maximum Gasteiger partial charge on any atom is 0.0991 e. The van der Waals surface area contributed by atoms with E-state index in [2.05, 4.69) is 6.07 Å². The smallest absolute Gasteiger partial charge is 0.0991 e. The molecule has 2 rings (SSSR count). The average molecular weight is 186 g/mol. The summed E-state index contributed by atoms with van der Waals surface area (Å²) in [6.07, 6.45) is 1.88. The lowest BCUT2D eigenvalue weighted by atomic mass is 10.1. The Morgan fingerprint density at radius 2 is 2.29 bits per heavy atom. The van der Waals surface area contributed by atoms with Crippen molar-refractivity contribution in [2.45, 2.75) is 6.61 Å². The van der Waals surface area contributed by atoms with Crippen LogP contribution in [0.5, 0.6) is 0 Å². The molecule has 3 nitrogen and oxygen atoms in total. The molecule has 0 unspecified atom stereocenters. The molecular weight excluding hydrogens is 176 g/mol. The maximum absolute atomic E-state index is 9.12. The van der Waals surface area contributed by atoms with Crippen LogP contribution < -0.4 is 0 Å². The molecule has 14 heavy (non-hydrogen) atoms. The average Bonchev–Trinajstić information content (AvgIpc) is 2.55. The summed E-state index contributed by atoms with van der Waals surface area (Å²) in [5, 5.41) is 18.8. The highest BCUT2D eigenvalue weighted by Gasteiger charge is 2.05. The SMILES string of the molecule is Cn1cc(CO)c2cc(C#N)ccc21. The first kappa shape index (κ1) is 8.79. The number of fused-ring (bicyclic) bond motifs is 1. The second-order valence-electron chi connectivity index (χ2n) is 3.27. The number of nitriles is 1. The fourth-order valence-corrected chi connectivity index (χ4v) is 1.67. The van der Waals surface area contributed by atoms with Gasteiger partial charge in [-0.25, -0.2) is 0 Å². The van der Waals surface area contributed by atoms with Crippen LogP contribution in [0.3, 0.4) is 0 Å². The van der Waals surface area contributed by atoms with Crippen molar-refractivity contribution in [1.29, 1.82) is 5.26 Å². The summed E-state index contributed by atoms with van der Waals surface area (Å²) >= 11 is 0. The summed E-state index contributed by atoms with van der Waals surface area (Å²) in [5.74, 6) is 0. The highest BCUT2D eigenvalue weighted by Crippen LogP contribution is 2.21. The van der Waals surface area contributed by atoms with Gasteiger partial charge in [-0.15, -0.1) is 0 Å². The Hall–Kier alpha value is -1.79. The van der Waals surface area contributed by atoms with Crippen LogP contribution in [-0.4, -0.2) is 9.67 Å². The van der Waals surface area contributed by atoms with Crippen molar-refractivity contribution in [2.24, 2.45) is 7.05 Å². The summed E-state index contributed by atoms with van der Waals surface area (Å²) in [5.41, 5.74) is 2.52. The zero-order chi connectivity index (χ0) is 10.1. The minimum Gasteiger partial charge on any atom is -0.392 e. The number of nitrogens with zero attached hydrogens (tertiary/aromatic N) is 2. The zero-order valence-corrected chi connectivity index (χ0v) is 7.86. The molecule has 0 aliphatic carbocycles. The number of rotatable bonds is 1. The molecular formula is C11H10N2O. The van der Waals surface area contributed by atoms with Gasteiger partial charge in [0.15, 0.2) is 0 Å². The van der Waals surface area contributed by atoms with Crippen molar-refractivity contribution in [2.75, 3.05) is 0 Å². The molecule has 3 heteroatoms. The summed E-state index contributed by atoms with van der Waals surface area (Å²) in [6.45, 7) is 0.00617. The Morgan fingerprint density at radius 3 is 2.93 bits per heavy atom. The molecule has 1 heterocycles. The Kier molecular flexibility index (Phi) is 1.99. The molecule has 0 saturated carbocycles. The molecule has 1 aromatic heterocycles. The maximum atomic E-state index is 9.12. The molecule has 0 bridgehead atoms. The minimum atomic E-state index is 0.00617. The lowest BCUT2D eigenvalue weighted by Gasteiger charge is -1.95. The number of aliphatic hydroxyl groups is 1. The van der Waals surface area contributed by atoms with Gasteiger partial charge in [-0.05, 0) is 18.2 Å². The van der Waals surface area contributed by atoms with Crippen molar-refractivity contribution < 1.29 is 5.11 Å². The fourth-order valence-electron chi connectivity index (χ4n) is 1.67. The lowest BCUT2D eigenvalue weighted by molar-refractivity contribution is 0.283. The molecule has 70 valence electrons. The van der Waals surface area contributed by atoms with Gasteiger partial charge in [-0.2, -0.15) is 5.26 Å². The van der Waals surface area contributed by atoms with Crippen LogP contribution in [0.1, 0.15) is 11.1 Å². The molecule has 0 atom stereocenters. The van der Waals surface area contributed by atoms with Gasteiger partial charge in [0.05, 0.1) is 18.2 Å². The van der Waals surface area contributed by atoms with Crippen LogP contribution in [0, 0.1) is 11.3 Å². The number of aliphatic hydroxyl groups excluding tert-OH is 1. The molecule has 0 amide bonds. The largest absolute Gasteiger partial charge is 0.392 e. The number of aryl methyl sites for hydroxylation is 1. The van der Waals surface area contributed by atoms with Gasteiger partial charge >= 0.3 is 0 Å². The molecule has 0 spiro atoms. The van der Waals surface area contributed by atoms with Gasteiger partial charge < -0.3 is 9.67 Å². The zero-order valence-electron chi connectivity index (χ0n) is 7.86. The van der Waals surface area contributed by atoms with Crippen LogP contribution in [0.15, 0.2) is 24.4 Å². The van der Waals surface area contributed by atoms with E-state index in [1.807, 2.05) is 23.9 Å². The van der Waals surface area contributed by atoms with Crippen molar-refractivity contribution in [3.8, 4) is 6.07 Å². The van der Waals surface area contributed by atoms with Crippen LogP contribution in [0.25, 0.3) is 10.9 Å². The van der Waals surface area contributed by atoms with Crippen molar-refractivity contribution in [3.05, 3.63) is 35.5 Å². The van der Waals surface area contributed by atoms with Crippen molar-refractivity contribution in [3.63, 3.8) is 0 Å². The first-order valence-corrected chi connectivity index (χ1v) is 4.35. The molecule has 0 saturated heterocycles. The highest BCUT2D eigenvalue weighted by molar-refractivity contribution is 5.85. The minimum absolute atomic E-state index is 0.00617. The third kappa shape index (κ3) is 1.17. The fraction of sp³-hybridized carbons (Fsp3) is 0.182. The van der Waals surface area contributed by atoms with Gasteiger partial charge in [0.1, 0.15) is 0 Å². The van der Waals surface area contributed by atoms with Gasteiger partial charge in [0.2, 0.25) is 0 Å². The van der Waals surface area contributed by atoms with E-state index < -0.39 is 0 Å². The third-order valence-corrected chi connectivity index (χ3v) is 2.37. The Bertz CT molecular complexity index is 520. The molecule has 0 radical (unpaired) electrons. The standard InChI is InChI=1S/C11H10N2O/c1-13-6-9(7-14)10-4-8(5-12)2-3-11(10)13/h2-4,6,14H,7H2,1H3. The van der Waals surface area contributed by atoms with Gasteiger partial charge in [0.25, 0.3) is 0 Å². The molecule has 0 aliphatic rings. The van der Waals surface area contributed by atoms with Gasteiger partial charge in [-0.3, -0.25) is 0 Å². The Morgan fingerprint density at radius 1 is 1.50 bits per heavy atom. The molecule has 1 aromatic carbocycles.